The molecule has 13 heavy (non-hydrogen) atoms. The van der Waals surface area contributed by atoms with Crippen LogP contribution >= 0.6 is 0 Å². The van der Waals surface area contributed by atoms with E-state index in [0.29, 0.717) is 6.42 Å². The number of carbonyl (C=O) groups is 1. The molecule has 1 heteroatoms. The normalized spacial score (nSPS) is 9.15. The van der Waals surface area contributed by atoms with Gasteiger partial charge in [-0.2, -0.15) is 0 Å². The number of carbonyl (C=O) groups excluding carboxylic acids is 1. The second-order valence-corrected chi connectivity index (χ2v) is 2.90. The zero-order valence-corrected chi connectivity index (χ0v) is 7.49. The first kappa shape index (κ1) is 9.54. The van der Waals surface area contributed by atoms with Crippen molar-refractivity contribution in [1.29, 1.82) is 0 Å². The summed E-state index contributed by atoms with van der Waals surface area (Å²) in [5.74, 6) is 2.59. The second-order valence-electron chi connectivity index (χ2n) is 2.90. The minimum Gasteiger partial charge on any atom is -0.303 e. The molecule has 0 amide bonds. The maximum atomic E-state index is 10.1. The molecular formula is C12H12O. The van der Waals surface area contributed by atoms with Crippen molar-refractivity contribution in [3.63, 3.8) is 0 Å². The van der Waals surface area contributed by atoms with Crippen molar-refractivity contribution in [3.05, 3.63) is 35.4 Å². The van der Waals surface area contributed by atoms with Gasteiger partial charge in [-0.3, -0.25) is 0 Å². The summed E-state index contributed by atoms with van der Waals surface area (Å²) in [6, 6.07) is 7.88. The van der Waals surface area contributed by atoms with E-state index in [2.05, 4.69) is 5.92 Å². The van der Waals surface area contributed by atoms with Gasteiger partial charge in [0, 0.05) is 12.0 Å². The van der Waals surface area contributed by atoms with Crippen LogP contribution in [0.5, 0.6) is 0 Å². The number of aryl methyl sites for hydroxylation is 1. The van der Waals surface area contributed by atoms with Gasteiger partial charge in [-0.1, -0.05) is 18.1 Å². The molecule has 0 fully saturated rings. The van der Waals surface area contributed by atoms with Crippen LogP contribution in [-0.4, -0.2) is 6.29 Å². The molecule has 0 aliphatic heterocycles. The smallest absolute Gasteiger partial charge is 0.120 e. The molecule has 0 unspecified atom stereocenters. The van der Waals surface area contributed by atoms with Crippen molar-refractivity contribution in [2.45, 2.75) is 19.3 Å². The summed E-state index contributed by atoms with van der Waals surface area (Å²) in [6.07, 6.45) is 8.67. The van der Waals surface area contributed by atoms with Gasteiger partial charge in [-0.05, 0) is 30.5 Å². The highest BCUT2D eigenvalue weighted by Gasteiger charge is 1.93. The van der Waals surface area contributed by atoms with Crippen molar-refractivity contribution in [2.75, 3.05) is 0 Å². The van der Waals surface area contributed by atoms with Crippen LogP contribution < -0.4 is 0 Å². The first-order valence-electron chi connectivity index (χ1n) is 4.36. The first-order chi connectivity index (χ1) is 6.36. The quantitative estimate of drug-likeness (QED) is 0.386. The van der Waals surface area contributed by atoms with Crippen LogP contribution in [0.25, 0.3) is 0 Å². The molecular weight excluding hydrogens is 160 g/mol. The van der Waals surface area contributed by atoms with Crippen LogP contribution in [0.3, 0.4) is 0 Å². The topological polar surface area (TPSA) is 17.1 Å². The molecule has 0 heterocycles. The third kappa shape index (κ3) is 3.13. The van der Waals surface area contributed by atoms with Crippen molar-refractivity contribution in [2.24, 2.45) is 0 Å². The van der Waals surface area contributed by atoms with E-state index in [1.807, 2.05) is 24.3 Å². The van der Waals surface area contributed by atoms with Gasteiger partial charge in [0.05, 0.1) is 0 Å². The Labute approximate surface area is 78.8 Å². The minimum atomic E-state index is 0.625. The maximum Gasteiger partial charge on any atom is 0.120 e. The van der Waals surface area contributed by atoms with E-state index < -0.39 is 0 Å². The summed E-state index contributed by atoms with van der Waals surface area (Å²) in [5.41, 5.74) is 2.11. The zero-order valence-electron chi connectivity index (χ0n) is 7.49. The Morgan fingerprint density at radius 3 is 3.00 bits per heavy atom. The minimum absolute atomic E-state index is 0.625. The fourth-order valence-electron chi connectivity index (χ4n) is 1.21. The molecule has 66 valence electrons. The summed E-state index contributed by atoms with van der Waals surface area (Å²) in [4.78, 5) is 10.1. The molecule has 1 nitrogen and oxygen atoms in total. The summed E-state index contributed by atoms with van der Waals surface area (Å²) in [5, 5.41) is 0. The van der Waals surface area contributed by atoms with Crippen LogP contribution in [-0.2, 0) is 11.2 Å². The predicted molar refractivity (Wildman–Crippen MR) is 53.4 cm³/mol. The fraction of sp³-hybridized carbons (Fsp3) is 0.250. The number of terminal acetylenes is 1. The number of hydrogen-bond acceptors (Lipinski definition) is 1. The Morgan fingerprint density at radius 1 is 1.46 bits per heavy atom. The van der Waals surface area contributed by atoms with Crippen molar-refractivity contribution in [1.82, 2.24) is 0 Å². The Morgan fingerprint density at radius 2 is 2.31 bits per heavy atom. The molecule has 0 atom stereocenters. The van der Waals surface area contributed by atoms with E-state index in [1.165, 1.54) is 5.56 Å². The number of unbranched alkanes of at least 4 members (excludes halogenated alkanes) is 1. The Kier molecular flexibility index (Phi) is 3.78. The number of benzene rings is 1. The monoisotopic (exact) mass is 172 g/mol. The van der Waals surface area contributed by atoms with Gasteiger partial charge < -0.3 is 4.79 Å². The fourth-order valence-corrected chi connectivity index (χ4v) is 1.21. The largest absolute Gasteiger partial charge is 0.303 e. The molecule has 0 saturated carbocycles. The summed E-state index contributed by atoms with van der Waals surface area (Å²) >= 11 is 0. The second kappa shape index (κ2) is 5.16. The first-order valence-corrected chi connectivity index (χ1v) is 4.36. The van der Waals surface area contributed by atoms with Gasteiger partial charge in [0.1, 0.15) is 6.29 Å². The Balaban J connectivity index is 2.57. The summed E-state index contributed by atoms with van der Waals surface area (Å²) in [7, 11) is 0. The van der Waals surface area contributed by atoms with Crippen molar-refractivity contribution >= 4 is 6.29 Å². The van der Waals surface area contributed by atoms with Crippen LogP contribution in [0.4, 0.5) is 0 Å². The molecule has 0 aliphatic carbocycles. The molecule has 0 N–H and O–H groups in total. The van der Waals surface area contributed by atoms with E-state index in [9.17, 15) is 4.79 Å². The molecule has 1 rings (SSSR count). The molecule has 1 aromatic rings. The SMILES string of the molecule is C#Cc1cccc(CCCC=O)c1. The predicted octanol–water partition coefficient (Wildman–Crippen LogP) is 2.19. The molecule has 0 aromatic heterocycles. The van der Waals surface area contributed by atoms with Gasteiger partial charge >= 0.3 is 0 Å². The molecule has 1 aromatic carbocycles. The Hall–Kier alpha value is -1.55. The van der Waals surface area contributed by atoms with Crippen LogP contribution in [0.15, 0.2) is 24.3 Å². The molecule has 0 spiro atoms. The van der Waals surface area contributed by atoms with E-state index in [4.69, 9.17) is 6.42 Å². The summed E-state index contributed by atoms with van der Waals surface area (Å²) < 4.78 is 0. The van der Waals surface area contributed by atoms with Crippen molar-refractivity contribution < 1.29 is 4.79 Å². The Bertz CT molecular complexity index is 320. The van der Waals surface area contributed by atoms with E-state index >= 15 is 0 Å². The lowest BCUT2D eigenvalue weighted by atomic mass is 10.1. The van der Waals surface area contributed by atoms with E-state index in [0.717, 1.165) is 24.7 Å². The zero-order chi connectivity index (χ0) is 9.52. The highest BCUT2D eigenvalue weighted by molar-refractivity contribution is 5.49. The van der Waals surface area contributed by atoms with Gasteiger partial charge in [-0.15, -0.1) is 6.42 Å². The number of hydrogen-bond donors (Lipinski definition) is 0. The van der Waals surface area contributed by atoms with Crippen LogP contribution in [0.2, 0.25) is 0 Å². The number of rotatable bonds is 4. The van der Waals surface area contributed by atoms with Gasteiger partial charge in [0.2, 0.25) is 0 Å². The lowest BCUT2D eigenvalue weighted by molar-refractivity contribution is -0.107. The maximum absolute atomic E-state index is 10.1. The van der Waals surface area contributed by atoms with Gasteiger partial charge in [0.25, 0.3) is 0 Å². The lowest BCUT2D eigenvalue weighted by Crippen LogP contribution is -1.87. The third-order valence-electron chi connectivity index (χ3n) is 1.88. The standard InChI is InChI=1S/C12H12O/c1-2-11-7-5-8-12(10-11)6-3-4-9-13/h1,5,7-10H,3-4,6H2. The lowest BCUT2D eigenvalue weighted by Gasteiger charge is -1.99. The average Bonchev–Trinajstić information content (AvgIpc) is 2.19. The molecule has 0 radical (unpaired) electrons. The molecule has 0 bridgehead atoms. The van der Waals surface area contributed by atoms with Gasteiger partial charge in [0.15, 0.2) is 0 Å². The number of aldehydes is 1. The highest BCUT2D eigenvalue weighted by Crippen LogP contribution is 2.07. The summed E-state index contributed by atoms with van der Waals surface area (Å²) in [6.45, 7) is 0. The van der Waals surface area contributed by atoms with Crippen LogP contribution in [0.1, 0.15) is 24.0 Å². The van der Waals surface area contributed by atoms with Gasteiger partial charge in [-0.25, -0.2) is 0 Å². The van der Waals surface area contributed by atoms with Crippen molar-refractivity contribution in [3.8, 4) is 12.3 Å². The third-order valence-corrected chi connectivity index (χ3v) is 1.88. The van der Waals surface area contributed by atoms with E-state index in [-0.39, 0.29) is 0 Å². The average molecular weight is 172 g/mol. The van der Waals surface area contributed by atoms with Crippen LogP contribution in [0, 0.1) is 12.3 Å². The van der Waals surface area contributed by atoms with E-state index in [1.54, 1.807) is 0 Å². The highest BCUT2D eigenvalue weighted by atomic mass is 16.1. The molecule has 0 aliphatic rings. The molecule has 0 saturated heterocycles.